The van der Waals surface area contributed by atoms with Gasteiger partial charge in [-0.25, -0.2) is 13.1 Å². The predicted octanol–water partition coefficient (Wildman–Crippen LogP) is 4.70. The van der Waals surface area contributed by atoms with Crippen LogP contribution in [0.3, 0.4) is 0 Å². The lowest BCUT2D eigenvalue weighted by atomic mass is 10.0. The highest BCUT2D eigenvalue weighted by atomic mass is 32.2. The zero-order valence-electron chi connectivity index (χ0n) is 40.0. The molecule has 5 atom stereocenters. The number of Topliss-reactive ketones (excluding diaryl/α,β-unsaturated/α-hetero) is 1. The number of carbonyl (C=O) groups excluding carboxylic acids is 7. The third-order valence-corrected chi connectivity index (χ3v) is 13.7. The van der Waals surface area contributed by atoms with Gasteiger partial charge in [0.15, 0.2) is 0 Å². The van der Waals surface area contributed by atoms with Gasteiger partial charge in [0, 0.05) is 25.4 Å². The summed E-state index contributed by atoms with van der Waals surface area (Å²) in [4.78, 5) is 92.7. The minimum Gasteiger partial charge on any atom is -0.347 e. The molecule has 0 bridgehead atoms. The van der Waals surface area contributed by atoms with Gasteiger partial charge in [-0.1, -0.05) is 139 Å². The average molecular weight is 978 g/mol. The summed E-state index contributed by atoms with van der Waals surface area (Å²) in [6.45, 7) is 1.49. The molecule has 16 nitrogen and oxygen atoms in total. The Balaban J connectivity index is 0.00000109. The molecule has 0 radical (unpaired) electrons. The van der Waals surface area contributed by atoms with Crippen LogP contribution in [-0.4, -0.2) is 125 Å². The first kappa shape index (κ1) is 57.0. The van der Waals surface area contributed by atoms with E-state index in [2.05, 4.69) is 26.0 Å². The van der Waals surface area contributed by atoms with E-state index < -0.39 is 64.1 Å². The molecular weight excluding hydrogens is 906 g/mol. The Kier molecular flexibility index (Phi) is 26.5. The molecule has 2 aromatic rings. The van der Waals surface area contributed by atoms with Crippen molar-refractivity contribution in [3.63, 3.8) is 0 Å². The van der Waals surface area contributed by atoms with Crippen LogP contribution in [0.5, 0.6) is 0 Å². The molecule has 68 heavy (non-hydrogen) atoms. The second-order valence-electron chi connectivity index (χ2n) is 17.2. The summed E-state index contributed by atoms with van der Waals surface area (Å²) in [6.07, 6.45) is 22.2. The van der Waals surface area contributed by atoms with Gasteiger partial charge in [-0.05, 0) is 76.0 Å². The lowest BCUT2D eigenvalue weighted by molar-refractivity contribution is -0.142. The molecule has 5 amide bonds. The fourth-order valence-electron chi connectivity index (χ4n) is 7.39. The van der Waals surface area contributed by atoms with Gasteiger partial charge in [-0.2, -0.15) is 0 Å². The first-order valence-electron chi connectivity index (χ1n) is 23.6. The Bertz CT molecular complexity index is 2120. The van der Waals surface area contributed by atoms with E-state index in [0.717, 1.165) is 11.5 Å². The SMILES string of the molecule is C1CCCCC1.CCCC(NC(=O)C1CCCN1C(=O)CNC(=O)CC1C=CC=C(PCCCNS(=O)(=O)c2ccccc2)C=C1)C(=O)C(=O)NCC(=O)NC(C=O)c1ccccc1.CN(C)C. The Hall–Kier alpha value is -5.35. The van der Waals surface area contributed by atoms with E-state index in [0.29, 0.717) is 52.7 Å². The average Bonchev–Trinajstić information content (AvgIpc) is 3.74. The topological polar surface area (TPSA) is 220 Å². The Morgan fingerprint density at radius 1 is 0.824 bits per heavy atom. The summed E-state index contributed by atoms with van der Waals surface area (Å²) in [5.41, 5.74) is 0.551. The van der Waals surface area contributed by atoms with Gasteiger partial charge < -0.3 is 35.9 Å². The van der Waals surface area contributed by atoms with E-state index in [9.17, 15) is 42.0 Å². The molecular formula is C50H72N7O9PS. The molecule has 0 spiro atoms. The zero-order chi connectivity index (χ0) is 49.7. The Morgan fingerprint density at radius 2 is 1.46 bits per heavy atom. The highest BCUT2D eigenvalue weighted by molar-refractivity contribution is 7.89. The Morgan fingerprint density at radius 3 is 2.07 bits per heavy atom. The molecule has 0 aromatic heterocycles. The van der Waals surface area contributed by atoms with Crippen molar-refractivity contribution in [3.05, 3.63) is 102 Å². The number of allylic oxidation sites excluding steroid dienone is 6. The van der Waals surface area contributed by atoms with Gasteiger partial charge in [0.2, 0.25) is 39.4 Å². The fourth-order valence-corrected chi connectivity index (χ4v) is 9.55. The zero-order valence-corrected chi connectivity index (χ0v) is 41.9. The van der Waals surface area contributed by atoms with Crippen molar-refractivity contribution in [1.82, 2.24) is 35.8 Å². The van der Waals surface area contributed by atoms with E-state index in [1.807, 2.05) is 56.4 Å². The third kappa shape index (κ3) is 21.7. The van der Waals surface area contributed by atoms with Gasteiger partial charge >= 0.3 is 0 Å². The second-order valence-corrected chi connectivity index (χ2v) is 20.4. The molecule has 3 aliphatic rings. The number of amides is 5. The van der Waals surface area contributed by atoms with Crippen molar-refractivity contribution >= 4 is 60.2 Å². The van der Waals surface area contributed by atoms with E-state index >= 15 is 0 Å². The van der Waals surface area contributed by atoms with Crippen LogP contribution in [0.1, 0.15) is 95.6 Å². The summed E-state index contributed by atoms with van der Waals surface area (Å²) in [5, 5.41) is 11.1. The molecule has 5 N–H and O–H groups in total. The standard InChI is InChI=1S/C41H51N6O9PS.C6H12.C3H9N/c1-2-12-33(39(52)41(54)43-26-37(50)45-34(28-48)30-14-5-3-6-15-30)46-40(53)35-19-10-23-47(35)38(51)27-42-36(49)25-29-13-9-16-31(21-20-29)57-24-11-22-44-58(55,56)32-17-7-4-8-18-32;1-2-4-6-5-3-1;1-4(2)3/h3-9,13-18,20-21,28-29,33-35,44,57H,2,10-12,19,22-27H2,1H3,(H,42,49)(H,43,54)(H,45,50)(H,46,53);1-6H2;1-3H3. The molecule has 1 heterocycles. The van der Waals surface area contributed by atoms with Crippen LogP contribution in [0.25, 0.3) is 0 Å². The van der Waals surface area contributed by atoms with Gasteiger partial charge in [-0.3, -0.25) is 28.8 Å². The molecule has 2 aliphatic carbocycles. The molecule has 2 aromatic carbocycles. The number of nitrogens with zero attached hydrogens (tertiary/aromatic N) is 2. The van der Waals surface area contributed by atoms with Crippen molar-refractivity contribution in [1.29, 1.82) is 0 Å². The number of benzene rings is 2. The van der Waals surface area contributed by atoms with Crippen LogP contribution in [-0.2, 0) is 43.6 Å². The monoisotopic (exact) mass is 977 g/mol. The molecule has 1 saturated heterocycles. The molecule has 5 unspecified atom stereocenters. The van der Waals surface area contributed by atoms with Crippen LogP contribution in [0.15, 0.2) is 101 Å². The van der Waals surface area contributed by atoms with Crippen molar-refractivity contribution < 1.29 is 42.0 Å². The number of carbonyl (C=O) groups is 7. The smallest absolute Gasteiger partial charge is 0.290 e. The van der Waals surface area contributed by atoms with Gasteiger partial charge in [0.25, 0.3) is 5.91 Å². The van der Waals surface area contributed by atoms with Crippen LogP contribution in [0.4, 0.5) is 0 Å². The largest absolute Gasteiger partial charge is 0.347 e. The van der Waals surface area contributed by atoms with E-state index in [1.54, 1.807) is 67.6 Å². The van der Waals surface area contributed by atoms with Crippen LogP contribution < -0.4 is 26.0 Å². The minimum absolute atomic E-state index is 0.102. The summed E-state index contributed by atoms with van der Waals surface area (Å²) >= 11 is 0. The van der Waals surface area contributed by atoms with Crippen molar-refractivity contribution in [3.8, 4) is 0 Å². The van der Waals surface area contributed by atoms with Gasteiger partial charge in [-0.15, -0.1) is 0 Å². The molecule has 1 aliphatic heterocycles. The number of sulfonamides is 1. The van der Waals surface area contributed by atoms with Crippen LogP contribution in [0, 0.1) is 5.92 Å². The number of likely N-dealkylation sites (tertiary alicyclic amines) is 1. The number of hydrogen-bond acceptors (Lipinski definition) is 10. The summed E-state index contributed by atoms with van der Waals surface area (Å²) in [6, 6.07) is 13.7. The number of rotatable bonds is 22. The van der Waals surface area contributed by atoms with Crippen LogP contribution in [0.2, 0.25) is 0 Å². The number of hydrogen-bond donors (Lipinski definition) is 5. The predicted molar refractivity (Wildman–Crippen MR) is 267 cm³/mol. The first-order valence-corrected chi connectivity index (χ1v) is 26.3. The normalized spacial score (nSPS) is 17.5. The molecule has 1 saturated carbocycles. The summed E-state index contributed by atoms with van der Waals surface area (Å²) in [7, 11) is 2.90. The third-order valence-electron chi connectivity index (χ3n) is 10.9. The maximum atomic E-state index is 13.4. The maximum absolute atomic E-state index is 13.4. The lowest BCUT2D eigenvalue weighted by Gasteiger charge is -2.26. The number of ketones is 1. The lowest BCUT2D eigenvalue weighted by Crippen LogP contribution is -2.54. The van der Waals surface area contributed by atoms with Crippen LogP contribution >= 0.6 is 8.58 Å². The number of nitrogens with one attached hydrogen (secondary N) is 5. The molecule has 372 valence electrons. The van der Waals surface area contributed by atoms with Gasteiger partial charge in [0.05, 0.1) is 24.0 Å². The van der Waals surface area contributed by atoms with Gasteiger partial charge in [0.1, 0.15) is 18.4 Å². The quantitative estimate of drug-likeness (QED) is 0.0474. The van der Waals surface area contributed by atoms with E-state index in [4.69, 9.17) is 0 Å². The molecule has 2 fully saturated rings. The first-order chi connectivity index (χ1) is 32.6. The Labute approximate surface area is 404 Å². The fraction of sp³-hybridized carbons (Fsp3) is 0.500. The summed E-state index contributed by atoms with van der Waals surface area (Å²) in [5.74, 6) is -4.33. The van der Waals surface area contributed by atoms with Crippen molar-refractivity contribution in [2.24, 2.45) is 5.92 Å². The van der Waals surface area contributed by atoms with E-state index in [-0.39, 0.29) is 42.7 Å². The molecule has 5 rings (SSSR count). The van der Waals surface area contributed by atoms with Crippen molar-refractivity contribution in [2.45, 2.75) is 107 Å². The van der Waals surface area contributed by atoms with E-state index in [1.165, 1.54) is 43.4 Å². The highest BCUT2D eigenvalue weighted by Crippen LogP contribution is 2.28. The van der Waals surface area contributed by atoms with Crippen molar-refractivity contribution in [2.75, 3.05) is 53.5 Å². The molecule has 18 heteroatoms. The highest BCUT2D eigenvalue weighted by Gasteiger charge is 2.36. The second kappa shape index (κ2) is 31.6. The summed E-state index contributed by atoms with van der Waals surface area (Å²) < 4.78 is 27.4. The number of aldehydes is 1. The minimum atomic E-state index is -3.54. The maximum Gasteiger partial charge on any atom is 0.290 e.